The van der Waals surface area contributed by atoms with Crippen LogP contribution in [0.15, 0.2) is 29.6 Å². The van der Waals surface area contributed by atoms with Crippen LogP contribution < -0.4 is 10.6 Å². The molecule has 1 saturated heterocycles. The molecule has 11 heteroatoms. The molecule has 2 fully saturated rings. The summed E-state index contributed by atoms with van der Waals surface area (Å²) in [5.74, 6) is -0.453. The molecule has 1 atom stereocenters. The normalized spacial score (nSPS) is 17.4. The Balaban J connectivity index is 1.30. The average Bonchev–Trinajstić information content (AvgIpc) is 3.54. The van der Waals surface area contributed by atoms with Gasteiger partial charge in [-0.15, -0.1) is 11.3 Å². The number of ether oxygens (including phenoxy) is 1. The molecule has 1 aromatic heterocycles. The molecule has 0 radical (unpaired) electrons. The van der Waals surface area contributed by atoms with Crippen LogP contribution in [0.5, 0.6) is 0 Å². The number of nitriles is 1. The average molecular weight is 581 g/mol. The van der Waals surface area contributed by atoms with Gasteiger partial charge in [-0.25, -0.2) is 9.78 Å². The minimum Gasteiger partial charge on any atom is -0.444 e. The minimum atomic E-state index is -0.778. The summed E-state index contributed by atoms with van der Waals surface area (Å²) >= 11 is 1.59. The van der Waals surface area contributed by atoms with E-state index in [4.69, 9.17) is 9.72 Å². The van der Waals surface area contributed by atoms with Crippen molar-refractivity contribution in [3.05, 3.63) is 40.2 Å². The van der Waals surface area contributed by atoms with E-state index in [9.17, 15) is 19.6 Å². The minimum absolute atomic E-state index is 0.193. The number of carbonyl (C=O) groups is 3. The van der Waals surface area contributed by atoms with E-state index < -0.39 is 17.2 Å². The van der Waals surface area contributed by atoms with Gasteiger partial charge in [-0.2, -0.15) is 5.26 Å². The largest absolute Gasteiger partial charge is 0.444 e. The number of hydrogen-bond acceptors (Lipinski definition) is 8. The number of benzene rings is 1. The van der Waals surface area contributed by atoms with E-state index in [1.54, 1.807) is 28.4 Å². The lowest BCUT2D eigenvalue weighted by Gasteiger charge is -2.35. The number of piperazine rings is 1. The van der Waals surface area contributed by atoms with Crippen LogP contribution in [0.25, 0.3) is 11.3 Å². The summed E-state index contributed by atoms with van der Waals surface area (Å²) in [6.07, 6.45) is 1.49. The second-order valence-corrected chi connectivity index (χ2v) is 13.2. The summed E-state index contributed by atoms with van der Waals surface area (Å²) < 4.78 is 5.48. The number of nitrogens with one attached hydrogen (secondary N) is 2. The van der Waals surface area contributed by atoms with Crippen molar-refractivity contribution in [3.63, 3.8) is 0 Å². The first-order valence-corrected chi connectivity index (χ1v) is 15.0. The van der Waals surface area contributed by atoms with Crippen molar-refractivity contribution in [2.24, 2.45) is 5.92 Å². The maximum atomic E-state index is 13.0. The fourth-order valence-corrected chi connectivity index (χ4v) is 5.42. The van der Waals surface area contributed by atoms with Crippen LogP contribution in [-0.4, -0.2) is 76.1 Å². The highest BCUT2D eigenvalue weighted by molar-refractivity contribution is 7.09. The second-order valence-electron chi connectivity index (χ2n) is 12.3. The molecule has 3 amide bonds. The summed E-state index contributed by atoms with van der Waals surface area (Å²) in [4.78, 5) is 47.0. The van der Waals surface area contributed by atoms with E-state index in [2.05, 4.69) is 21.6 Å². The summed E-state index contributed by atoms with van der Waals surface area (Å²) in [6.45, 7) is 13.1. The molecule has 4 rings (SSSR count). The van der Waals surface area contributed by atoms with Crippen LogP contribution in [0.1, 0.15) is 69.2 Å². The predicted molar refractivity (Wildman–Crippen MR) is 157 cm³/mol. The van der Waals surface area contributed by atoms with Crippen molar-refractivity contribution < 1.29 is 19.1 Å². The molecule has 1 aromatic carbocycles. The maximum Gasteiger partial charge on any atom is 0.410 e. The Labute approximate surface area is 246 Å². The van der Waals surface area contributed by atoms with Crippen molar-refractivity contribution >= 4 is 29.2 Å². The van der Waals surface area contributed by atoms with Gasteiger partial charge in [0.25, 0.3) is 5.91 Å². The molecule has 10 nitrogen and oxygen atoms in total. The zero-order chi connectivity index (χ0) is 29.8. The van der Waals surface area contributed by atoms with Gasteiger partial charge in [0, 0.05) is 42.7 Å². The zero-order valence-corrected chi connectivity index (χ0v) is 25.3. The van der Waals surface area contributed by atoms with Crippen LogP contribution >= 0.6 is 11.3 Å². The van der Waals surface area contributed by atoms with Gasteiger partial charge in [-0.1, -0.05) is 26.0 Å². The molecular formula is C30H40N6O4S. The van der Waals surface area contributed by atoms with Crippen LogP contribution in [-0.2, 0) is 16.1 Å². The summed E-state index contributed by atoms with van der Waals surface area (Å²) in [5.41, 5.74) is 0.917. The van der Waals surface area contributed by atoms with Gasteiger partial charge >= 0.3 is 6.09 Å². The third-order valence-electron chi connectivity index (χ3n) is 7.03. The lowest BCUT2D eigenvalue weighted by atomic mass is 10.0. The van der Waals surface area contributed by atoms with Crippen LogP contribution in [0.3, 0.4) is 0 Å². The van der Waals surface area contributed by atoms with E-state index in [-0.39, 0.29) is 23.8 Å². The topological polar surface area (TPSA) is 128 Å². The summed E-state index contributed by atoms with van der Waals surface area (Å²) in [6, 6.07) is 8.65. The van der Waals surface area contributed by atoms with Crippen molar-refractivity contribution in [3.8, 4) is 17.3 Å². The molecule has 2 aromatic rings. The Morgan fingerprint density at radius 1 is 1.12 bits per heavy atom. The Morgan fingerprint density at radius 3 is 2.34 bits per heavy atom. The molecule has 2 aliphatic rings. The molecular weight excluding hydrogens is 540 g/mol. The fourth-order valence-electron chi connectivity index (χ4n) is 4.57. The molecule has 2 N–H and O–H groups in total. The summed E-state index contributed by atoms with van der Waals surface area (Å²) in [7, 11) is 0. The van der Waals surface area contributed by atoms with Crippen molar-refractivity contribution in [2.45, 2.75) is 77.6 Å². The number of rotatable bonds is 9. The molecule has 2 heterocycles. The number of thiazole rings is 1. The second kappa shape index (κ2) is 12.6. The molecule has 41 heavy (non-hydrogen) atoms. The maximum absolute atomic E-state index is 13.0. The van der Waals surface area contributed by atoms with Crippen molar-refractivity contribution in [1.82, 2.24) is 25.4 Å². The van der Waals surface area contributed by atoms with E-state index >= 15 is 0 Å². The SMILES string of the molecule is CC(C)C[C@H](NC(=O)c1ccc(-c2csc(CN3CCN(C(=O)OC(C)(C)C)CC3)n2)cc1)C(=O)NC1(C#N)CC1. The van der Waals surface area contributed by atoms with Gasteiger partial charge in [-0.3, -0.25) is 14.5 Å². The van der Waals surface area contributed by atoms with Crippen LogP contribution in [0, 0.1) is 17.2 Å². The summed E-state index contributed by atoms with van der Waals surface area (Å²) in [5, 5.41) is 18.0. The lowest BCUT2D eigenvalue weighted by molar-refractivity contribution is -0.123. The Morgan fingerprint density at radius 2 is 1.78 bits per heavy atom. The van der Waals surface area contributed by atoms with Crippen LogP contribution in [0.2, 0.25) is 0 Å². The highest BCUT2D eigenvalue weighted by Gasteiger charge is 2.45. The Bertz CT molecular complexity index is 1280. The molecule has 1 aliphatic heterocycles. The molecule has 0 unspecified atom stereocenters. The highest BCUT2D eigenvalue weighted by Crippen LogP contribution is 2.34. The predicted octanol–water partition coefficient (Wildman–Crippen LogP) is 4.18. The number of hydrogen-bond donors (Lipinski definition) is 2. The standard InChI is InChI=1S/C30H40N6O4S/c1-20(2)16-23(27(38)34-30(19-31)10-11-30)33-26(37)22-8-6-21(7-9-22)24-18-41-25(32-24)17-35-12-14-36(15-13-35)28(39)40-29(3,4)5/h6-9,18,20,23H,10-17H2,1-5H3,(H,33,37)(H,34,38)/t23-/m0/s1. The first kappa shape index (κ1) is 30.5. The molecule has 1 saturated carbocycles. The van der Waals surface area contributed by atoms with Gasteiger partial charge in [0.15, 0.2) is 0 Å². The van der Waals surface area contributed by atoms with E-state index in [1.165, 1.54) is 0 Å². The Hall–Kier alpha value is -3.49. The lowest BCUT2D eigenvalue weighted by Crippen LogP contribution is -2.50. The van der Waals surface area contributed by atoms with E-state index in [1.807, 2.05) is 52.1 Å². The molecule has 0 bridgehead atoms. The quantitative estimate of drug-likeness (QED) is 0.455. The van der Waals surface area contributed by atoms with Crippen molar-refractivity contribution in [2.75, 3.05) is 26.2 Å². The number of aromatic nitrogens is 1. The Kier molecular flexibility index (Phi) is 9.34. The first-order chi connectivity index (χ1) is 19.4. The first-order valence-electron chi connectivity index (χ1n) is 14.2. The van der Waals surface area contributed by atoms with Gasteiger partial charge in [0.05, 0.1) is 18.3 Å². The van der Waals surface area contributed by atoms with E-state index in [0.29, 0.717) is 44.5 Å². The third-order valence-corrected chi connectivity index (χ3v) is 7.87. The van der Waals surface area contributed by atoms with Gasteiger partial charge in [0.2, 0.25) is 5.91 Å². The van der Waals surface area contributed by atoms with Gasteiger partial charge in [0.1, 0.15) is 22.2 Å². The fraction of sp³-hybridized carbons (Fsp3) is 0.567. The van der Waals surface area contributed by atoms with E-state index in [0.717, 1.165) is 29.4 Å². The number of amides is 3. The van der Waals surface area contributed by atoms with Crippen LogP contribution in [0.4, 0.5) is 4.79 Å². The molecule has 220 valence electrons. The third kappa shape index (κ3) is 8.50. The number of carbonyl (C=O) groups excluding carboxylic acids is 3. The number of nitrogens with zero attached hydrogens (tertiary/aromatic N) is 4. The van der Waals surface area contributed by atoms with Gasteiger partial charge < -0.3 is 20.3 Å². The smallest absolute Gasteiger partial charge is 0.410 e. The molecule has 1 aliphatic carbocycles. The van der Waals surface area contributed by atoms with Crippen molar-refractivity contribution in [1.29, 1.82) is 5.26 Å². The monoisotopic (exact) mass is 580 g/mol. The zero-order valence-electron chi connectivity index (χ0n) is 24.5. The molecule has 0 spiro atoms. The highest BCUT2D eigenvalue weighted by atomic mass is 32.1. The van der Waals surface area contributed by atoms with Gasteiger partial charge in [-0.05, 0) is 58.1 Å².